The number of hydrogen-bond acceptors (Lipinski definition) is 3. The second-order valence-electron chi connectivity index (χ2n) is 6.38. The van der Waals surface area contributed by atoms with Gasteiger partial charge in [-0.25, -0.2) is 0 Å². The summed E-state index contributed by atoms with van der Waals surface area (Å²) in [5.41, 5.74) is 1.11. The lowest BCUT2D eigenvalue weighted by Crippen LogP contribution is -2.54. The van der Waals surface area contributed by atoms with Crippen molar-refractivity contribution in [2.24, 2.45) is 0 Å². The molecule has 0 amide bonds. The van der Waals surface area contributed by atoms with Crippen LogP contribution in [-0.2, 0) is 20.4 Å². The summed E-state index contributed by atoms with van der Waals surface area (Å²) < 4.78 is 34.2. The van der Waals surface area contributed by atoms with Gasteiger partial charge in [0.15, 0.2) is 0 Å². The van der Waals surface area contributed by atoms with Crippen LogP contribution in [0.4, 0.5) is 0 Å². The number of hydrogen-bond donors (Lipinski definition) is 0. The van der Waals surface area contributed by atoms with Crippen molar-refractivity contribution in [1.29, 1.82) is 0 Å². The minimum atomic E-state index is -3.38. The molecule has 1 aromatic carbocycles. The van der Waals surface area contributed by atoms with Crippen LogP contribution in [-0.4, -0.2) is 56.4 Å². The Morgan fingerprint density at radius 1 is 1.05 bits per heavy atom. The van der Waals surface area contributed by atoms with Crippen molar-refractivity contribution in [3.8, 4) is 0 Å². The van der Waals surface area contributed by atoms with Gasteiger partial charge in [0.25, 0.3) is 10.2 Å². The number of rotatable bonds is 3. The molecule has 0 aromatic heterocycles. The molecular formula is C16H24N2O3S. The van der Waals surface area contributed by atoms with Crippen LogP contribution in [0.2, 0.25) is 0 Å². The fraction of sp³-hybridized carbons (Fsp3) is 0.625. The van der Waals surface area contributed by atoms with Crippen molar-refractivity contribution in [2.75, 3.05) is 39.4 Å². The summed E-state index contributed by atoms with van der Waals surface area (Å²) >= 11 is 0. The highest BCUT2D eigenvalue weighted by molar-refractivity contribution is 7.86. The molecule has 2 aliphatic rings. The molecule has 1 aromatic rings. The molecule has 0 spiro atoms. The van der Waals surface area contributed by atoms with Crippen LogP contribution in [0, 0.1) is 0 Å². The van der Waals surface area contributed by atoms with Gasteiger partial charge in [0, 0.05) is 31.6 Å². The molecule has 5 nitrogen and oxygen atoms in total. The number of benzene rings is 1. The van der Waals surface area contributed by atoms with E-state index in [0.29, 0.717) is 39.4 Å². The summed E-state index contributed by atoms with van der Waals surface area (Å²) in [6.07, 6.45) is 1.92. The van der Waals surface area contributed by atoms with Crippen molar-refractivity contribution in [3.05, 3.63) is 35.9 Å². The second kappa shape index (κ2) is 6.28. The molecule has 1 unspecified atom stereocenters. The summed E-state index contributed by atoms with van der Waals surface area (Å²) in [6, 6.07) is 10.2. The van der Waals surface area contributed by atoms with Gasteiger partial charge < -0.3 is 4.74 Å². The highest BCUT2D eigenvalue weighted by Crippen LogP contribution is 2.35. The van der Waals surface area contributed by atoms with Crippen molar-refractivity contribution in [2.45, 2.75) is 25.2 Å². The Morgan fingerprint density at radius 2 is 1.73 bits per heavy atom. The third-order valence-electron chi connectivity index (χ3n) is 4.75. The van der Waals surface area contributed by atoms with E-state index in [9.17, 15) is 8.42 Å². The zero-order chi connectivity index (χ0) is 15.6. The van der Waals surface area contributed by atoms with Crippen LogP contribution >= 0.6 is 0 Å². The SMILES string of the molecule is CC1(c2ccccc2)CCCN(S(=O)(=O)N2CCOCC2)C1. The minimum Gasteiger partial charge on any atom is -0.379 e. The van der Waals surface area contributed by atoms with Gasteiger partial charge in [0.1, 0.15) is 0 Å². The third-order valence-corrected chi connectivity index (χ3v) is 6.74. The van der Waals surface area contributed by atoms with E-state index in [1.807, 2.05) is 18.2 Å². The maximum atomic E-state index is 12.9. The number of nitrogens with zero attached hydrogens (tertiary/aromatic N) is 2. The van der Waals surface area contributed by atoms with Gasteiger partial charge in [0.2, 0.25) is 0 Å². The van der Waals surface area contributed by atoms with E-state index in [2.05, 4.69) is 19.1 Å². The lowest BCUT2D eigenvalue weighted by molar-refractivity contribution is 0.0688. The summed E-state index contributed by atoms with van der Waals surface area (Å²) in [7, 11) is -3.38. The van der Waals surface area contributed by atoms with E-state index in [1.54, 1.807) is 8.61 Å². The van der Waals surface area contributed by atoms with E-state index in [4.69, 9.17) is 4.74 Å². The first-order chi connectivity index (χ1) is 10.5. The van der Waals surface area contributed by atoms with Crippen molar-refractivity contribution >= 4 is 10.2 Å². The first kappa shape index (κ1) is 15.9. The smallest absolute Gasteiger partial charge is 0.282 e. The van der Waals surface area contributed by atoms with Crippen LogP contribution < -0.4 is 0 Å². The molecule has 2 fully saturated rings. The van der Waals surface area contributed by atoms with Crippen LogP contribution in [0.25, 0.3) is 0 Å². The molecule has 2 aliphatic heterocycles. The maximum absolute atomic E-state index is 12.9. The molecule has 2 saturated heterocycles. The Kier molecular flexibility index (Phi) is 4.54. The molecular weight excluding hydrogens is 300 g/mol. The second-order valence-corrected chi connectivity index (χ2v) is 8.31. The molecule has 0 N–H and O–H groups in total. The predicted molar refractivity (Wildman–Crippen MR) is 85.9 cm³/mol. The first-order valence-corrected chi connectivity index (χ1v) is 9.31. The fourth-order valence-electron chi connectivity index (χ4n) is 3.41. The molecule has 0 saturated carbocycles. The molecule has 1 atom stereocenters. The molecule has 22 heavy (non-hydrogen) atoms. The Balaban J connectivity index is 1.80. The Labute approximate surface area is 133 Å². The summed E-state index contributed by atoms with van der Waals surface area (Å²) in [5.74, 6) is 0. The summed E-state index contributed by atoms with van der Waals surface area (Å²) in [4.78, 5) is 0. The van der Waals surface area contributed by atoms with Crippen molar-refractivity contribution < 1.29 is 13.2 Å². The number of ether oxygens (including phenoxy) is 1. The number of piperidine rings is 1. The molecule has 122 valence electrons. The van der Waals surface area contributed by atoms with E-state index < -0.39 is 10.2 Å². The quantitative estimate of drug-likeness (QED) is 0.849. The normalized spacial score (nSPS) is 28.6. The van der Waals surface area contributed by atoms with Gasteiger partial charge in [-0.05, 0) is 18.4 Å². The van der Waals surface area contributed by atoms with Gasteiger partial charge in [-0.1, -0.05) is 37.3 Å². The summed E-state index contributed by atoms with van der Waals surface area (Å²) in [6.45, 7) is 5.23. The van der Waals surface area contributed by atoms with Crippen LogP contribution in [0.3, 0.4) is 0 Å². The molecule has 6 heteroatoms. The molecule has 2 heterocycles. The maximum Gasteiger partial charge on any atom is 0.282 e. The fourth-order valence-corrected chi connectivity index (χ4v) is 5.15. The first-order valence-electron chi connectivity index (χ1n) is 7.91. The van der Waals surface area contributed by atoms with Crippen LogP contribution in [0.15, 0.2) is 30.3 Å². The molecule has 3 rings (SSSR count). The van der Waals surface area contributed by atoms with Crippen LogP contribution in [0.5, 0.6) is 0 Å². The van der Waals surface area contributed by atoms with Gasteiger partial charge >= 0.3 is 0 Å². The molecule has 0 aliphatic carbocycles. The average molecular weight is 324 g/mol. The highest BCUT2D eigenvalue weighted by Gasteiger charge is 2.40. The average Bonchev–Trinajstić information content (AvgIpc) is 2.56. The highest BCUT2D eigenvalue weighted by atomic mass is 32.2. The van der Waals surface area contributed by atoms with Gasteiger partial charge in [-0.3, -0.25) is 0 Å². The van der Waals surface area contributed by atoms with E-state index in [0.717, 1.165) is 12.8 Å². The third kappa shape index (κ3) is 3.06. The minimum absolute atomic E-state index is 0.112. The Morgan fingerprint density at radius 3 is 2.41 bits per heavy atom. The lowest BCUT2D eigenvalue weighted by Gasteiger charge is -2.42. The molecule has 0 radical (unpaired) electrons. The van der Waals surface area contributed by atoms with Crippen molar-refractivity contribution in [1.82, 2.24) is 8.61 Å². The standard InChI is InChI=1S/C16H24N2O3S/c1-16(15-6-3-2-4-7-15)8-5-9-18(14-16)22(19,20)17-10-12-21-13-11-17/h2-4,6-7H,5,8-14H2,1H3. The number of morpholine rings is 1. The van der Waals surface area contributed by atoms with Gasteiger partial charge in [-0.2, -0.15) is 17.0 Å². The molecule has 0 bridgehead atoms. The zero-order valence-corrected chi connectivity index (χ0v) is 13.9. The van der Waals surface area contributed by atoms with Crippen molar-refractivity contribution in [3.63, 3.8) is 0 Å². The van der Waals surface area contributed by atoms with E-state index in [-0.39, 0.29) is 5.41 Å². The van der Waals surface area contributed by atoms with Gasteiger partial charge in [0.05, 0.1) is 13.2 Å². The van der Waals surface area contributed by atoms with Crippen LogP contribution in [0.1, 0.15) is 25.3 Å². The largest absolute Gasteiger partial charge is 0.379 e. The van der Waals surface area contributed by atoms with E-state index >= 15 is 0 Å². The summed E-state index contributed by atoms with van der Waals surface area (Å²) in [5, 5.41) is 0. The lowest BCUT2D eigenvalue weighted by atomic mass is 9.77. The zero-order valence-electron chi connectivity index (χ0n) is 13.1. The van der Waals surface area contributed by atoms with E-state index in [1.165, 1.54) is 5.56 Å². The predicted octanol–water partition coefficient (Wildman–Crippen LogP) is 1.62. The Bertz CT molecular complexity index is 599. The monoisotopic (exact) mass is 324 g/mol. The van der Waals surface area contributed by atoms with Gasteiger partial charge in [-0.15, -0.1) is 0 Å². The Hall–Kier alpha value is -0.950. The topological polar surface area (TPSA) is 49.9 Å².